The van der Waals surface area contributed by atoms with Crippen molar-refractivity contribution in [2.45, 2.75) is 78.6 Å². The third-order valence-electron chi connectivity index (χ3n) is 5.40. The Balaban J connectivity index is 2.51. The monoisotopic (exact) mass is 384 g/mol. The van der Waals surface area contributed by atoms with Crippen molar-refractivity contribution in [3.8, 4) is 0 Å². The molecule has 0 aromatic heterocycles. The first-order valence-electron chi connectivity index (χ1n) is 11.2. The van der Waals surface area contributed by atoms with Crippen LogP contribution >= 0.6 is 0 Å². The molecule has 0 aliphatic carbocycles. The Morgan fingerprint density at radius 2 is 1.86 bits per heavy atom. The minimum atomic E-state index is 0.173. The number of hydrogen-bond acceptors (Lipinski definition) is 2. The Kier molecular flexibility index (Phi) is 13.3. The molecule has 28 heavy (non-hydrogen) atoms. The summed E-state index contributed by atoms with van der Waals surface area (Å²) < 4.78 is 5.83. The molecule has 2 heteroatoms. The molecule has 1 unspecified atom stereocenters. The zero-order valence-electron chi connectivity index (χ0n) is 18.3. The summed E-state index contributed by atoms with van der Waals surface area (Å²) in [6.45, 7) is 11.6. The van der Waals surface area contributed by atoms with E-state index in [9.17, 15) is 4.79 Å². The van der Waals surface area contributed by atoms with E-state index in [-0.39, 0.29) is 5.78 Å². The lowest BCUT2D eigenvalue weighted by Crippen LogP contribution is -2.03. The van der Waals surface area contributed by atoms with Crippen LogP contribution in [0.25, 0.3) is 5.57 Å². The predicted octanol–water partition coefficient (Wildman–Crippen LogP) is 7.18. The number of hydrogen-bond donors (Lipinski definition) is 0. The molecule has 0 fully saturated rings. The standard InChI is InChI=1S/C26H40O2/c1-5-20-28-21-25(24-17-14-23(7-3)15-18-24)13-11-9-10-12-22(6-2)16-19-26(27)8-4/h8,13-15,17-18,22H,4-7,9-12,16,19-21H2,1-3H3/b25-13+. The van der Waals surface area contributed by atoms with Crippen molar-refractivity contribution in [3.63, 3.8) is 0 Å². The number of ketones is 1. The summed E-state index contributed by atoms with van der Waals surface area (Å²) in [6, 6.07) is 8.90. The van der Waals surface area contributed by atoms with Gasteiger partial charge in [0.2, 0.25) is 0 Å². The van der Waals surface area contributed by atoms with Crippen molar-refractivity contribution in [2.24, 2.45) is 5.92 Å². The van der Waals surface area contributed by atoms with Gasteiger partial charge >= 0.3 is 0 Å². The lowest BCUT2D eigenvalue weighted by Gasteiger charge is -2.13. The van der Waals surface area contributed by atoms with Gasteiger partial charge in [-0.05, 0) is 60.8 Å². The van der Waals surface area contributed by atoms with E-state index < -0.39 is 0 Å². The molecule has 1 aromatic rings. The molecule has 0 aliphatic heterocycles. The van der Waals surface area contributed by atoms with E-state index in [0.717, 1.165) is 38.7 Å². The highest BCUT2D eigenvalue weighted by atomic mass is 16.5. The molecule has 1 rings (SSSR count). The Bertz CT molecular complexity index is 583. The lowest BCUT2D eigenvalue weighted by molar-refractivity contribution is -0.114. The summed E-state index contributed by atoms with van der Waals surface area (Å²) in [5.41, 5.74) is 3.96. The number of benzene rings is 1. The van der Waals surface area contributed by atoms with Gasteiger partial charge in [0.15, 0.2) is 5.78 Å². The summed E-state index contributed by atoms with van der Waals surface area (Å²) in [5.74, 6) is 0.828. The molecule has 0 saturated heterocycles. The number of unbranched alkanes of at least 4 members (excludes halogenated alkanes) is 2. The minimum Gasteiger partial charge on any atom is -0.377 e. The van der Waals surface area contributed by atoms with E-state index in [1.807, 2.05) is 0 Å². The van der Waals surface area contributed by atoms with Gasteiger partial charge in [0, 0.05) is 13.0 Å². The molecular formula is C26H40O2. The molecule has 0 N–H and O–H groups in total. The van der Waals surface area contributed by atoms with Crippen LogP contribution in [0.4, 0.5) is 0 Å². The second-order valence-corrected chi connectivity index (χ2v) is 7.60. The largest absolute Gasteiger partial charge is 0.377 e. The second-order valence-electron chi connectivity index (χ2n) is 7.60. The van der Waals surface area contributed by atoms with Gasteiger partial charge < -0.3 is 4.74 Å². The molecule has 0 spiro atoms. The highest BCUT2D eigenvalue weighted by Crippen LogP contribution is 2.21. The number of aryl methyl sites for hydroxylation is 1. The molecule has 2 nitrogen and oxygen atoms in total. The molecule has 156 valence electrons. The van der Waals surface area contributed by atoms with Crippen molar-refractivity contribution in [1.29, 1.82) is 0 Å². The first-order valence-corrected chi connectivity index (χ1v) is 11.2. The number of ether oxygens (including phenoxy) is 1. The number of carbonyl (C=O) groups is 1. The highest BCUT2D eigenvalue weighted by molar-refractivity contribution is 5.88. The van der Waals surface area contributed by atoms with Gasteiger partial charge in [-0.3, -0.25) is 4.79 Å². The van der Waals surface area contributed by atoms with Crippen LogP contribution in [0.5, 0.6) is 0 Å². The molecule has 0 amide bonds. The molecule has 0 bridgehead atoms. The minimum absolute atomic E-state index is 0.173. The third kappa shape index (κ3) is 10.0. The third-order valence-corrected chi connectivity index (χ3v) is 5.40. The quantitative estimate of drug-likeness (QED) is 0.223. The molecular weight excluding hydrogens is 344 g/mol. The van der Waals surface area contributed by atoms with Crippen molar-refractivity contribution < 1.29 is 9.53 Å². The zero-order chi connectivity index (χ0) is 20.6. The fraction of sp³-hybridized carbons (Fsp3) is 0.577. The van der Waals surface area contributed by atoms with Crippen LogP contribution in [0.15, 0.2) is 43.0 Å². The maximum atomic E-state index is 11.4. The van der Waals surface area contributed by atoms with E-state index >= 15 is 0 Å². The van der Waals surface area contributed by atoms with E-state index in [2.05, 4.69) is 57.7 Å². The second kappa shape index (κ2) is 15.3. The Hall–Kier alpha value is -1.67. The van der Waals surface area contributed by atoms with Gasteiger partial charge in [-0.2, -0.15) is 0 Å². The zero-order valence-corrected chi connectivity index (χ0v) is 18.3. The normalized spacial score (nSPS) is 12.8. The maximum absolute atomic E-state index is 11.4. The van der Waals surface area contributed by atoms with E-state index in [1.54, 1.807) is 0 Å². The molecule has 0 saturated carbocycles. The number of carbonyl (C=O) groups excluding carboxylic acids is 1. The molecule has 0 heterocycles. The first-order chi connectivity index (χ1) is 13.6. The Labute approximate surface area is 173 Å². The van der Waals surface area contributed by atoms with Gasteiger partial charge in [0.05, 0.1) is 6.61 Å². The predicted molar refractivity (Wildman–Crippen MR) is 122 cm³/mol. The van der Waals surface area contributed by atoms with Crippen LogP contribution in [0, 0.1) is 5.92 Å². The SMILES string of the molecule is C=CC(=O)CCC(CC)CCCC/C=C(\COCCC)c1ccc(CC)cc1. The summed E-state index contributed by atoms with van der Waals surface area (Å²) in [5, 5.41) is 0. The van der Waals surface area contributed by atoms with E-state index in [0.29, 0.717) is 18.9 Å². The van der Waals surface area contributed by atoms with Crippen molar-refractivity contribution in [3.05, 3.63) is 54.1 Å². The van der Waals surface area contributed by atoms with Crippen LogP contribution in [0.3, 0.4) is 0 Å². The van der Waals surface area contributed by atoms with Gasteiger partial charge in [-0.1, -0.05) is 77.0 Å². The average Bonchev–Trinajstić information content (AvgIpc) is 2.74. The van der Waals surface area contributed by atoms with Crippen LogP contribution < -0.4 is 0 Å². The van der Waals surface area contributed by atoms with Gasteiger partial charge in [-0.25, -0.2) is 0 Å². The van der Waals surface area contributed by atoms with Crippen LogP contribution in [-0.4, -0.2) is 19.0 Å². The van der Waals surface area contributed by atoms with Crippen LogP contribution in [-0.2, 0) is 16.0 Å². The van der Waals surface area contributed by atoms with Crippen LogP contribution in [0.2, 0.25) is 0 Å². The summed E-state index contributed by atoms with van der Waals surface area (Å²) in [6.07, 6.45) is 13.4. The average molecular weight is 385 g/mol. The maximum Gasteiger partial charge on any atom is 0.155 e. The fourth-order valence-electron chi connectivity index (χ4n) is 3.40. The lowest BCUT2D eigenvalue weighted by atomic mass is 9.92. The molecule has 0 aliphatic rings. The van der Waals surface area contributed by atoms with Crippen molar-refractivity contribution in [2.75, 3.05) is 13.2 Å². The fourth-order valence-corrected chi connectivity index (χ4v) is 3.40. The topological polar surface area (TPSA) is 26.3 Å². The summed E-state index contributed by atoms with van der Waals surface area (Å²) in [7, 11) is 0. The highest BCUT2D eigenvalue weighted by Gasteiger charge is 2.08. The Morgan fingerprint density at radius 3 is 2.46 bits per heavy atom. The van der Waals surface area contributed by atoms with Crippen molar-refractivity contribution in [1.82, 2.24) is 0 Å². The smallest absolute Gasteiger partial charge is 0.155 e. The van der Waals surface area contributed by atoms with Gasteiger partial charge in [-0.15, -0.1) is 0 Å². The van der Waals surface area contributed by atoms with E-state index in [1.165, 1.54) is 42.0 Å². The van der Waals surface area contributed by atoms with Gasteiger partial charge in [0.1, 0.15) is 0 Å². The summed E-state index contributed by atoms with van der Waals surface area (Å²) >= 11 is 0. The molecule has 1 atom stereocenters. The number of allylic oxidation sites excluding steroid dienone is 2. The summed E-state index contributed by atoms with van der Waals surface area (Å²) in [4.78, 5) is 11.4. The Morgan fingerprint density at radius 1 is 1.11 bits per heavy atom. The molecule has 0 radical (unpaired) electrons. The number of rotatable bonds is 16. The van der Waals surface area contributed by atoms with Crippen molar-refractivity contribution >= 4 is 11.4 Å². The molecule has 1 aromatic carbocycles. The van der Waals surface area contributed by atoms with Crippen LogP contribution in [0.1, 0.15) is 83.3 Å². The van der Waals surface area contributed by atoms with Gasteiger partial charge in [0.25, 0.3) is 0 Å². The first kappa shape index (κ1) is 24.4. The van der Waals surface area contributed by atoms with E-state index in [4.69, 9.17) is 4.74 Å².